The Hall–Kier alpha value is -2.36. The number of amides is 1. The highest BCUT2D eigenvalue weighted by atomic mass is 19.4. The van der Waals surface area contributed by atoms with Crippen molar-refractivity contribution in [1.29, 1.82) is 0 Å². The van der Waals surface area contributed by atoms with Crippen LogP contribution in [0.3, 0.4) is 0 Å². The van der Waals surface area contributed by atoms with Gasteiger partial charge in [-0.1, -0.05) is 0 Å². The van der Waals surface area contributed by atoms with Gasteiger partial charge in [0.25, 0.3) is 0 Å². The molecule has 1 amide bonds. The van der Waals surface area contributed by atoms with E-state index in [0.717, 1.165) is 51.3 Å². The first-order valence-corrected chi connectivity index (χ1v) is 9.30. The average Bonchev–Trinajstić information content (AvgIpc) is 2.68. The Kier molecular flexibility index (Phi) is 7.83. The van der Waals surface area contributed by atoms with Crippen LogP contribution in [0.2, 0.25) is 0 Å². The fraction of sp³-hybridized carbons (Fsp3) is 0.632. The Labute approximate surface area is 166 Å². The van der Waals surface area contributed by atoms with Crippen molar-refractivity contribution >= 4 is 11.9 Å². The zero-order valence-corrected chi connectivity index (χ0v) is 16.2. The third-order valence-corrected chi connectivity index (χ3v) is 5.46. The molecule has 0 aliphatic carbocycles. The Morgan fingerprint density at radius 1 is 1.34 bits per heavy atom. The minimum Gasteiger partial charge on any atom is -0.492 e. The summed E-state index contributed by atoms with van der Waals surface area (Å²) in [4.78, 5) is 26.5. The smallest absolute Gasteiger partial charge is 0.490 e. The summed E-state index contributed by atoms with van der Waals surface area (Å²) < 4.78 is 43.4. The van der Waals surface area contributed by atoms with Crippen LogP contribution < -0.4 is 4.74 Å². The Morgan fingerprint density at radius 2 is 2.00 bits per heavy atom. The molecule has 2 aliphatic heterocycles. The molecule has 0 aromatic carbocycles. The van der Waals surface area contributed by atoms with Crippen molar-refractivity contribution in [2.45, 2.75) is 32.4 Å². The van der Waals surface area contributed by atoms with Crippen LogP contribution >= 0.6 is 0 Å². The lowest BCUT2D eigenvalue weighted by atomic mass is 9.66. The summed E-state index contributed by atoms with van der Waals surface area (Å²) in [5.41, 5.74) is 0.256. The monoisotopic (exact) mass is 418 g/mol. The second-order valence-corrected chi connectivity index (χ2v) is 7.19. The van der Waals surface area contributed by atoms with Crippen LogP contribution in [0.25, 0.3) is 0 Å². The molecule has 1 atom stereocenters. The normalized spacial score (nSPS) is 21.1. The standard InChI is InChI=1S/C17H24N2O3.C2HF3O2/c1-14(20)19-8-4-17(5-9-19)6-10-21-12-15(17)13-22-16-3-2-7-18-11-16;3-2(4,5)1(6)7/h2-3,7,11,15H,4-6,8-10,12-13H2,1H3;(H,6,7). The van der Waals surface area contributed by atoms with Crippen LogP contribution in [0.15, 0.2) is 24.5 Å². The Bertz CT molecular complexity index is 676. The van der Waals surface area contributed by atoms with Gasteiger partial charge in [0.2, 0.25) is 5.91 Å². The molecule has 1 unspecified atom stereocenters. The minimum absolute atomic E-state index is 0.185. The Morgan fingerprint density at radius 3 is 2.52 bits per heavy atom. The van der Waals surface area contributed by atoms with Gasteiger partial charge in [0.15, 0.2) is 0 Å². The molecule has 7 nitrogen and oxygen atoms in total. The average molecular weight is 418 g/mol. The van der Waals surface area contributed by atoms with Crippen molar-refractivity contribution in [3.05, 3.63) is 24.5 Å². The quantitative estimate of drug-likeness (QED) is 0.812. The molecule has 0 bridgehead atoms. The lowest BCUT2D eigenvalue weighted by molar-refractivity contribution is -0.192. The zero-order valence-electron chi connectivity index (χ0n) is 16.2. The Balaban J connectivity index is 0.000000370. The first-order valence-electron chi connectivity index (χ1n) is 9.30. The lowest BCUT2D eigenvalue weighted by Gasteiger charge is -2.48. The van der Waals surface area contributed by atoms with E-state index in [2.05, 4.69) is 4.98 Å². The largest absolute Gasteiger partial charge is 0.492 e. The molecular weight excluding hydrogens is 393 g/mol. The molecule has 3 rings (SSSR count). The van der Waals surface area contributed by atoms with Crippen molar-refractivity contribution in [2.75, 3.05) is 32.9 Å². The highest BCUT2D eigenvalue weighted by Crippen LogP contribution is 2.44. The molecule has 3 heterocycles. The number of pyridine rings is 1. The fourth-order valence-electron chi connectivity index (χ4n) is 3.66. The van der Waals surface area contributed by atoms with Crippen molar-refractivity contribution < 1.29 is 37.3 Å². The number of halogens is 3. The van der Waals surface area contributed by atoms with Gasteiger partial charge in [-0.15, -0.1) is 0 Å². The van der Waals surface area contributed by atoms with E-state index in [4.69, 9.17) is 19.4 Å². The zero-order chi connectivity index (χ0) is 21.5. The molecule has 1 aromatic rings. The number of hydrogen-bond acceptors (Lipinski definition) is 5. The van der Waals surface area contributed by atoms with Gasteiger partial charge in [0, 0.05) is 38.7 Å². The van der Waals surface area contributed by atoms with E-state index in [9.17, 15) is 18.0 Å². The third-order valence-electron chi connectivity index (χ3n) is 5.46. The van der Waals surface area contributed by atoms with Crippen LogP contribution in [0.5, 0.6) is 5.75 Å². The highest BCUT2D eigenvalue weighted by molar-refractivity contribution is 5.73. The molecule has 0 radical (unpaired) electrons. The molecule has 10 heteroatoms. The molecular formula is C19H25F3N2O5. The summed E-state index contributed by atoms with van der Waals surface area (Å²) in [7, 11) is 0. The number of ether oxygens (including phenoxy) is 2. The number of carbonyl (C=O) groups excluding carboxylic acids is 1. The van der Waals surface area contributed by atoms with E-state index in [1.54, 1.807) is 19.3 Å². The van der Waals surface area contributed by atoms with Gasteiger partial charge in [0.05, 0.1) is 19.4 Å². The summed E-state index contributed by atoms with van der Waals surface area (Å²) in [6.45, 7) is 5.61. The number of nitrogens with zero attached hydrogens (tertiary/aromatic N) is 2. The van der Waals surface area contributed by atoms with E-state index >= 15 is 0 Å². The van der Waals surface area contributed by atoms with E-state index in [-0.39, 0.29) is 11.3 Å². The van der Waals surface area contributed by atoms with Crippen LogP contribution in [0, 0.1) is 11.3 Å². The summed E-state index contributed by atoms with van der Waals surface area (Å²) in [6.07, 6.45) is 1.58. The molecule has 29 heavy (non-hydrogen) atoms. The maximum atomic E-state index is 11.5. The number of rotatable bonds is 3. The molecule has 1 spiro atoms. The van der Waals surface area contributed by atoms with Crippen LogP contribution in [-0.4, -0.2) is 66.0 Å². The molecule has 0 saturated carbocycles. The SMILES string of the molecule is CC(=O)N1CCC2(CCOCC2COc2cccnc2)CC1.O=C(O)C(F)(F)F. The van der Waals surface area contributed by atoms with Gasteiger partial charge in [-0.3, -0.25) is 9.78 Å². The minimum atomic E-state index is -5.08. The molecule has 1 N–H and O–H groups in total. The number of carboxylic acid groups (broad SMARTS) is 1. The van der Waals surface area contributed by atoms with Gasteiger partial charge in [-0.25, -0.2) is 4.79 Å². The predicted octanol–water partition coefficient (Wildman–Crippen LogP) is 2.76. The summed E-state index contributed by atoms with van der Waals surface area (Å²) in [6, 6.07) is 3.82. The van der Waals surface area contributed by atoms with Gasteiger partial charge < -0.3 is 19.5 Å². The number of hydrogen-bond donors (Lipinski definition) is 1. The predicted molar refractivity (Wildman–Crippen MR) is 96.3 cm³/mol. The molecule has 162 valence electrons. The van der Waals surface area contributed by atoms with Gasteiger partial charge in [-0.05, 0) is 36.8 Å². The van der Waals surface area contributed by atoms with Crippen LogP contribution in [0.4, 0.5) is 13.2 Å². The molecule has 2 aliphatic rings. The van der Waals surface area contributed by atoms with E-state index < -0.39 is 12.1 Å². The van der Waals surface area contributed by atoms with Gasteiger partial charge >= 0.3 is 12.1 Å². The topological polar surface area (TPSA) is 89.0 Å². The molecule has 2 saturated heterocycles. The lowest BCUT2D eigenvalue weighted by Crippen LogP contribution is -2.50. The van der Waals surface area contributed by atoms with Gasteiger partial charge in [0.1, 0.15) is 5.75 Å². The van der Waals surface area contributed by atoms with Crippen molar-refractivity contribution in [2.24, 2.45) is 11.3 Å². The number of alkyl halides is 3. The van der Waals surface area contributed by atoms with Crippen molar-refractivity contribution in [3.8, 4) is 5.75 Å². The first-order chi connectivity index (χ1) is 13.6. The van der Waals surface area contributed by atoms with Crippen LogP contribution in [-0.2, 0) is 14.3 Å². The molecule has 2 fully saturated rings. The number of likely N-dealkylation sites (tertiary alicyclic amines) is 1. The maximum absolute atomic E-state index is 11.5. The van der Waals surface area contributed by atoms with Crippen molar-refractivity contribution in [1.82, 2.24) is 9.88 Å². The number of carbonyl (C=O) groups is 2. The number of piperidine rings is 1. The summed E-state index contributed by atoms with van der Waals surface area (Å²) in [5, 5.41) is 7.12. The van der Waals surface area contributed by atoms with E-state index in [0.29, 0.717) is 12.5 Å². The number of carboxylic acids is 1. The second kappa shape index (κ2) is 9.91. The third kappa shape index (κ3) is 6.59. The maximum Gasteiger partial charge on any atom is 0.490 e. The van der Waals surface area contributed by atoms with Crippen LogP contribution in [0.1, 0.15) is 26.2 Å². The summed E-state index contributed by atoms with van der Waals surface area (Å²) >= 11 is 0. The number of aliphatic carboxylic acids is 1. The second-order valence-electron chi connectivity index (χ2n) is 7.19. The summed E-state index contributed by atoms with van der Waals surface area (Å²) in [5.74, 6) is -1.38. The van der Waals surface area contributed by atoms with E-state index in [1.165, 1.54) is 0 Å². The highest BCUT2D eigenvalue weighted by Gasteiger charge is 2.44. The molecule has 1 aromatic heterocycles. The fourth-order valence-corrected chi connectivity index (χ4v) is 3.66. The van der Waals surface area contributed by atoms with Gasteiger partial charge in [-0.2, -0.15) is 13.2 Å². The van der Waals surface area contributed by atoms with Crippen molar-refractivity contribution in [3.63, 3.8) is 0 Å². The van der Waals surface area contributed by atoms with E-state index in [1.807, 2.05) is 17.0 Å². The number of aromatic nitrogens is 1. The first kappa shape index (κ1) is 22.9.